The third-order valence-electron chi connectivity index (χ3n) is 3.54. The van der Waals surface area contributed by atoms with Gasteiger partial charge in [0.15, 0.2) is 0 Å². The normalized spacial score (nSPS) is 18.8. The minimum atomic E-state index is -0.610. The fourth-order valence-corrected chi connectivity index (χ4v) is 2.46. The van der Waals surface area contributed by atoms with Gasteiger partial charge in [-0.3, -0.25) is 4.79 Å². The Hall–Kier alpha value is -2.57. The fourth-order valence-electron chi connectivity index (χ4n) is 2.46. The van der Waals surface area contributed by atoms with Crippen LogP contribution in [0.3, 0.4) is 0 Å². The summed E-state index contributed by atoms with van der Waals surface area (Å²) in [6.45, 7) is 3.11. The number of methoxy groups -OCH3 is 1. The first kappa shape index (κ1) is 16.8. The van der Waals surface area contributed by atoms with Crippen LogP contribution in [0.25, 0.3) is 0 Å². The first-order chi connectivity index (χ1) is 11.1. The summed E-state index contributed by atoms with van der Waals surface area (Å²) in [4.78, 5) is 25.1. The van der Waals surface area contributed by atoms with Crippen LogP contribution < -0.4 is 5.43 Å². The van der Waals surface area contributed by atoms with Crippen LogP contribution in [0.15, 0.2) is 35.4 Å². The van der Waals surface area contributed by atoms with Gasteiger partial charge in [-0.1, -0.05) is 30.3 Å². The number of nitrogens with zero attached hydrogens (tertiary/aromatic N) is 2. The maximum Gasteiger partial charge on any atom is 0.427 e. The number of hydrogen-bond donors (Lipinski definition) is 1. The van der Waals surface area contributed by atoms with E-state index in [1.54, 1.807) is 6.92 Å². The zero-order valence-electron chi connectivity index (χ0n) is 13.3. The molecule has 2 rings (SSSR count). The Morgan fingerprint density at radius 1 is 1.35 bits per heavy atom. The SMILES string of the molecule is CCOC(=O)N/N=C1/CC(C(=O)OC)CN1Cc1ccccc1. The lowest BCUT2D eigenvalue weighted by Crippen LogP contribution is -2.29. The highest BCUT2D eigenvalue weighted by Gasteiger charge is 2.33. The minimum Gasteiger partial charge on any atom is -0.469 e. The van der Waals surface area contributed by atoms with Crippen molar-refractivity contribution in [3.05, 3.63) is 35.9 Å². The molecule has 1 atom stereocenters. The number of ether oxygens (including phenoxy) is 2. The highest BCUT2D eigenvalue weighted by atomic mass is 16.5. The number of benzene rings is 1. The highest BCUT2D eigenvalue weighted by Crippen LogP contribution is 2.22. The van der Waals surface area contributed by atoms with Crippen molar-refractivity contribution in [2.24, 2.45) is 11.0 Å². The van der Waals surface area contributed by atoms with E-state index < -0.39 is 6.09 Å². The van der Waals surface area contributed by atoms with Gasteiger partial charge in [0, 0.05) is 19.5 Å². The van der Waals surface area contributed by atoms with Crippen molar-refractivity contribution < 1.29 is 19.1 Å². The van der Waals surface area contributed by atoms with Gasteiger partial charge >= 0.3 is 12.1 Å². The van der Waals surface area contributed by atoms with Crippen LogP contribution in [0.5, 0.6) is 0 Å². The first-order valence-corrected chi connectivity index (χ1v) is 7.50. The average molecular weight is 319 g/mol. The van der Waals surface area contributed by atoms with E-state index in [-0.39, 0.29) is 18.5 Å². The molecule has 124 valence electrons. The molecule has 23 heavy (non-hydrogen) atoms. The molecule has 1 unspecified atom stereocenters. The minimum absolute atomic E-state index is 0.273. The summed E-state index contributed by atoms with van der Waals surface area (Å²) in [6, 6.07) is 9.86. The van der Waals surface area contributed by atoms with Crippen molar-refractivity contribution in [3.63, 3.8) is 0 Å². The monoisotopic (exact) mass is 319 g/mol. The van der Waals surface area contributed by atoms with Crippen molar-refractivity contribution in [3.8, 4) is 0 Å². The van der Waals surface area contributed by atoms with Gasteiger partial charge in [-0.15, -0.1) is 0 Å². The van der Waals surface area contributed by atoms with Crippen molar-refractivity contribution >= 4 is 17.9 Å². The number of carbonyl (C=O) groups excluding carboxylic acids is 2. The van der Waals surface area contributed by atoms with Crippen LogP contribution in [0.2, 0.25) is 0 Å². The number of esters is 1. The third kappa shape index (κ3) is 4.70. The second kappa shape index (κ2) is 8.17. The number of carbonyl (C=O) groups is 2. The van der Waals surface area contributed by atoms with Gasteiger partial charge in [0.25, 0.3) is 0 Å². The standard InChI is InChI=1S/C16H21N3O4/c1-3-23-16(21)18-17-14-9-13(15(20)22-2)11-19(14)10-12-7-5-4-6-8-12/h4-8,13H,3,9-11H2,1-2H3,(H,18,21)/b17-14-. The second-order valence-corrected chi connectivity index (χ2v) is 5.15. The number of rotatable bonds is 5. The molecular formula is C16H21N3O4. The maximum absolute atomic E-state index is 11.8. The molecule has 0 radical (unpaired) electrons. The third-order valence-corrected chi connectivity index (χ3v) is 3.54. The zero-order valence-corrected chi connectivity index (χ0v) is 13.3. The lowest BCUT2D eigenvalue weighted by Gasteiger charge is -2.19. The summed E-state index contributed by atoms with van der Waals surface area (Å²) in [5.74, 6) is 0.0770. The van der Waals surface area contributed by atoms with Crippen LogP contribution in [0.4, 0.5) is 4.79 Å². The van der Waals surface area contributed by atoms with Gasteiger partial charge in [0.05, 0.1) is 19.6 Å². The average Bonchev–Trinajstić information content (AvgIpc) is 2.96. The van der Waals surface area contributed by atoms with Gasteiger partial charge in [0.2, 0.25) is 0 Å². The van der Waals surface area contributed by atoms with E-state index in [2.05, 4.69) is 10.5 Å². The molecule has 0 saturated carbocycles. The Bertz CT molecular complexity index is 574. The van der Waals surface area contributed by atoms with E-state index in [1.165, 1.54) is 7.11 Å². The topological polar surface area (TPSA) is 80.2 Å². The fraction of sp³-hybridized carbons (Fsp3) is 0.438. The number of amidine groups is 1. The summed E-state index contributed by atoms with van der Waals surface area (Å²) in [6.07, 6.45) is -0.187. The molecule has 1 N–H and O–H groups in total. The molecule has 1 fully saturated rings. The number of nitrogens with one attached hydrogen (secondary N) is 1. The van der Waals surface area contributed by atoms with E-state index in [4.69, 9.17) is 9.47 Å². The van der Waals surface area contributed by atoms with E-state index in [1.807, 2.05) is 35.2 Å². The van der Waals surface area contributed by atoms with Gasteiger partial charge in [-0.05, 0) is 12.5 Å². The lowest BCUT2D eigenvalue weighted by molar-refractivity contribution is -0.144. The van der Waals surface area contributed by atoms with Gasteiger partial charge < -0.3 is 14.4 Å². The molecular weight excluding hydrogens is 298 g/mol. The largest absolute Gasteiger partial charge is 0.469 e. The van der Waals surface area contributed by atoms with Crippen molar-refractivity contribution in [1.82, 2.24) is 10.3 Å². The highest BCUT2D eigenvalue weighted by molar-refractivity contribution is 5.91. The molecule has 0 aliphatic carbocycles. The molecule has 1 heterocycles. The molecule has 0 spiro atoms. The number of hydrogen-bond acceptors (Lipinski definition) is 5. The van der Waals surface area contributed by atoms with Gasteiger partial charge in [-0.2, -0.15) is 5.10 Å². The predicted molar refractivity (Wildman–Crippen MR) is 84.6 cm³/mol. The van der Waals surface area contributed by atoms with Gasteiger partial charge in [-0.25, -0.2) is 10.2 Å². The molecule has 1 aromatic rings. The quantitative estimate of drug-likeness (QED) is 0.660. The summed E-state index contributed by atoms with van der Waals surface area (Å²) >= 11 is 0. The Morgan fingerprint density at radius 2 is 2.09 bits per heavy atom. The smallest absolute Gasteiger partial charge is 0.427 e. The van der Waals surface area contributed by atoms with Gasteiger partial charge in [0.1, 0.15) is 5.84 Å². The van der Waals surface area contributed by atoms with Crippen molar-refractivity contribution in [2.75, 3.05) is 20.3 Å². The number of likely N-dealkylation sites (tertiary alicyclic amines) is 1. The van der Waals surface area contributed by atoms with Crippen LogP contribution >= 0.6 is 0 Å². The zero-order chi connectivity index (χ0) is 16.7. The predicted octanol–water partition coefficient (Wildman–Crippen LogP) is 1.74. The Balaban J connectivity index is 2.09. The second-order valence-electron chi connectivity index (χ2n) is 5.15. The molecule has 1 amide bonds. The summed E-state index contributed by atoms with van der Waals surface area (Å²) in [5, 5.41) is 4.10. The summed E-state index contributed by atoms with van der Waals surface area (Å²) in [5.41, 5.74) is 3.45. The Morgan fingerprint density at radius 3 is 2.74 bits per heavy atom. The molecule has 7 heteroatoms. The van der Waals surface area contributed by atoms with Crippen molar-refractivity contribution in [1.29, 1.82) is 0 Å². The first-order valence-electron chi connectivity index (χ1n) is 7.50. The maximum atomic E-state index is 11.8. The molecule has 1 aliphatic rings. The van der Waals surface area contributed by atoms with Crippen LogP contribution in [-0.2, 0) is 20.8 Å². The molecule has 1 aliphatic heterocycles. The van der Waals surface area contributed by atoms with Crippen LogP contribution in [-0.4, -0.2) is 43.1 Å². The van der Waals surface area contributed by atoms with Crippen LogP contribution in [0.1, 0.15) is 18.9 Å². The number of amides is 1. The Kier molecular flexibility index (Phi) is 5.96. The molecule has 1 aromatic carbocycles. The van der Waals surface area contributed by atoms with Crippen LogP contribution in [0, 0.1) is 5.92 Å². The Labute approximate surface area is 135 Å². The molecule has 1 saturated heterocycles. The van der Waals surface area contributed by atoms with Crippen molar-refractivity contribution in [2.45, 2.75) is 19.9 Å². The summed E-state index contributed by atoms with van der Waals surface area (Å²) < 4.78 is 9.60. The van der Waals surface area contributed by atoms with E-state index in [0.29, 0.717) is 25.3 Å². The molecule has 0 aromatic heterocycles. The van der Waals surface area contributed by atoms with E-state index in [0.717, 1.165) is 5.56 Å². The summed E-state index contributed by atoms with van der Waals surface area (Å²) in [7, 11) is 1.37. The lowest BCUT2D eigenvalue weighted by atomic mass is 10.1. The molecule has 7 nitrogen and oxygen atoms in total. The number of hydrazone groups is 1. The van der Waals surface area contributed by atoms with E-state index >= 15 is 0 Å². The van der Waals surface area contributed by atoms with E-state index in [9.17, 15) is 9.59 Å². The molecule has 0 bridgehead atoms.